The molecule has 2 aromatic rings. The third-order valence-electron chi connectivity index (χ3n) is 6.79. The number of anilines is 2. The minimum Gasteiger partial charge on any atom is -0.382 e. The van der Waals surface area contributed by atoms with E-state index in [9.17, 15) is 28.1 Å². The summed E-state index contributed by atoms with van der Waals surface area (Å²) in [5.74, 6) is -0.103. The number of amides is 1. The lowest BCUT2D eigenvalue weighted by Gasteiger charge is -2.35. The second-order valence-electron chi connectivity index (χ2n) is 9.26. The van der Waals surface area contributed by atoms with Crippen molar-refractivity contribution in [2.24, 2.45) is 0 Å². The molecule has 1 amide bonds. The highest BCUT2D eigenvalue weighted by molar-refractivity contribution is 6.30. The van der Waals surface area contributed by atoms with Gasteiger partial charge in [0.15, 0.2) is 0 Å². The molecule has 0 spiro atoms. The maximum Gasteiger partial charge on any atom is 0.423 e. The maximum atomic E-state index is 13.2. The third-order valence-corrected chi connectivity index (χ3v) is 7.05. The van der Waals surface area contributed by atoms with Crippen LogP contribution in [0.5, 0.6) is 0 Å². The van der Waals surface area contributed by atoms with Crippen molar-refractivity contribution in [1.82, 2.24) is 4.90 Å². The van der Waals surface area contributed by atoms with E-state index in [2.05, 4.69) is 10.2 Å². The van der Waals surface area contributed by atoms with Crippen LogP contribution in [0, 0.1) is 10.1 Å². The van der Waals surface area contributed by atoms with Crippen LogP contribution >= 0.6 is 11.6 Å². The topological polar surface area (TPSA) is 88.0 Å². The zero-order chi connectivity index (χ0) is 26.6. The van der Waals surface area contributed by atoms with Crippen LogP contribution in [-0.4, -0.2) is 60.7 Å². The number of hydrogen-bond donors (Lipinski definition) is 1. The van der Waals surface area contributed by atoms with E-state index in [-0.39, 0.29) is 37.8 Å². The number of carbonyl (C=O) groups is 1. The van der Waals surface area contributed by atoms with Gasteiger partial charge in [0.25, 0.3) is 5.69 Å². The average Bonchev–Trinajstić information content (AvgIpc) is 2.88. The van der Waals surface area contributed by atoms with E-state index < -0.39 is 22.4 Å². The summed E-state index contributed by atoms with van der Waals surface area (Å²) >= 11 is 5.95. The Labute approximate surface area is 224 Å². The van der Waals surface area contributed by atoms with Crippen LogP contribution < -0.4 is 10.2 Å². The summed E-state index contributed by atoms with van der Waals surface area (Å²) in [6.45, 7) is 2.56. The SMILES string of the molecule is C.O=C(COC1CCN(c2ccc(Cl)cc2)CC1)N1CCC(Nc2ccc([N+](=O)[O-])c(C(F)(F)F)c2)CC1. The van der Waals surface area contributed by atoms with Gasteiger partial charge in [-0.15, -0.1) is 0 Å². The highest BCUT2D eigenvalue weighted by atomic mass is 35.5. The van der Waals surface area contributed by atoms with E-state index in [1.165, 1.54) is 6.07 Å². The van der Waals surface area contributed by atoms with Crippen molar-refractivity contribution in [3.05, 3.63) is 63.2 Å². The van der Waals surface area contributed by atoms with Crippen LogP contribution in [-0.2, 0) is 15.7 Å². The molecule has 0 aromatic heterocycles. The van der Waals surface area contributed by atoms with Gasteiger partial charge < -0.3 is 19.9 Å². The van der Waals surface area contributed by atoms with Gasteiger partial charge >= 0.3 is 6.18 Å². The van der Waals surface area contributed by atoms with Gasteiger partial charge in [0.1, 0.15) is 12.2 Å². The van der Waals surface area contributed by atoms with E-state index >= 15 is 0 Å². The van der Waals surface area contributed by atoms with Crippen molar-refractivity contribution in [2.75, 3.05) is 43.0 Å². The normalized spacial score (nSPS) is 17.2. The molecule has 4 rings (SSSR count). The zero-order valence-electron chi connectivity index (χ0n) is 20.0. The largest absolute Gasteiger partial charge is 0.423 e. The molecule has 1 N–H and O–H groups in total. The first-order valence-corrected chi connectivity index (χ1v) is 12.5. The Morgan fingerprint density at radius 1 is 1.05 bits per heavy atom. The number of alkyl halides is 3. The molecule has 12 heteroatoms. The van der Waals surface area contributed by atoms with Gasteiger partial charge in [0.2, 0.25) is 5.91 Å². The number of halogens is 4. The number of nitrogens with one attached hydrogen (secondary N) is 1. The van der Waals surface area contributed by atoms with Gasteiger partial charge in [0.05, 0.1) is 11.0 Å². The maximum absolute atomic E-state index is 13.2. The number of nitrogens with zero attached hydrogens (tertiary/aromatic N) is 3. The summed E-state index contributed by atoms with van der Waals surface area (Å²) in [5, 5.41) is 14.7. The van der Waals surface area contributed by atoms with E-state index in [1.54, 1.807) is 4.90 Å². The molecule has 0 radical (unpaired) electrons. The number of hydrogen-bond acceptors (Lipinski definition) is 6. The van der Waals surface area contributed by atoms with Gasteiger partial charge in [-0.05, 0) is 62.1 Å². The van der Waals surface area contributed by atoms with Crippen molar-refractivity contribution in [3.8, 4) is 0 Å². The van der Waals surface area contributed by atoms with E-state index in [4.69, 9.17) is 16.3 Å². The molecule has 2 heterocycles. The molecule has 38 heavy (non-hydrogen) atoms. The Morgan fingerprint density at radius 2 is 1.68 bits per heavy atom. The van der Waals surface area contributed by atoms with Gasteiger partial charge in [-0.1, -0.05) is 19.0 Å². The molecule has 2 aromatic carbocycles. The lowest BCUT2D eigenvalue weighted by Crippen LogP contribution is -2.45. The predicted molar refractivity (Wildman–Crippen MR) is 141 cm³/mol. The molecule has 0 unspecified atom stereocenters. The summed E-state index contributed by atoms with van der Waals surface area (Å²) < 4.78 is 45.6. The summed E-state index contributed by atoms with van der Waals surface area (Å²) in [7, 11) is 0. The Hall–Kier alpha value is -3.05. The zero-order valence-corrected chi connectivity index (χ0v) is 20.8. The molecule has 0 bridgehead atoms. The quantitative estimate of drug-likeness (QED) is 0.333. The standard InChI is InChI=1S/C25H28ClF3N4O4.CH4/c26-17-1-4-20(5-2-17)31-13-9-21(10-14-31)37-16-24(34)32-11-7-18(8-12-32)30-19-3-6-23(33(35)36)22(15-19)25(27,28)29;/h1-6,15,18,21,30H,7-14,16H2;1H4. The second kappa shape index (κ2) is 12.7. The molecule has 208 valence electrons. The number of likely N-dealkylation sites (tertiary alicyclic amines) is 1. The monoisotopic (exact) mass is 556 g/mol. The minimum absolute atomic E-state index is 0. The molecular formula is C26H32ClF3N4O4. The summed E-state index contributed by atoms with van der Waals surface area (Å²) in [6.07, 6.45) is -2.10. The molecule has 2 aliphatic rings. The lowest BCUT2D eigenvalue weighted by molar-refractivity contribution is -0.388. The smallest absolute Gasteiger partial charge is 0.382 e. The predicted octanol–water partition coefficient (Wildman–Crippen LogP) is 5.99. The highest BCUT2D eigenvalue weighted by Crippen LogP contribution is 2.38. The molecular weight excluding hydrogens is 525 g/mol. The summed E-state index contributed by atoms with van der Waals surface area (Å²) in [6, 6.07) is 10.5. The first-order chi connectivity index (χ1) is 17.6. The summed E-state index contributed by atoms with van der Waals surface area (Å²) in [4.78, 5) is 26.5. The molecule has 0 saturated carbocycles. The molecule has 2 fully saturated rings. The number of carbonyl (C=O) groups excluding carboxylic acids is 1. The first-order valence-electron chi connectivity index (χ1n) is 12.1. The summed E-state index contributed by atoms with van der Waals surface area (Å²) in [5.41, 5.74) is -0.991. The lowest BCUT2D eigenvalue weighted by atomic mass is 10.0. The van der Waals surface area contributed by atoms with Crippen LogP contribution in [0.3, 0.4) is 0 Å². The number of nitro groups is 1. The molecule has 0 atom stereocenters. The fourth-order valence-electron chi connectivity index (χ4n) is 4.73. The van der Waals surface area contributed by atoms with Crippen LogP contribution in [0.25, 0.3) is 0 Å². The Morgan fingerprint density at radius 3 is 2.26 bits per heavy atom. The second-order valence-corrected chi connectivity index (χ2v) is 9.70. The highest BCUT2D eigenvalue weighted by Gasteiger charge is 2.38. The fourth-order valence-corrected chi connectivity index (χ4v) is 4.86. The van der Waals surface area contributed by atoms with Crippen molar-refractivity contribution in [3.63, 3.8) is 0 Å². The Bertz CT molecular complexity index is 1100. The average molecular weight is 557 g/mol. The van der Waals surface area contributed by atoms with E-state index in [0.29, 0.717) is 31.0 Å². The van der Waals surface area contributed by atoms with Gasteiger partial charge in [-0.2, -0.15) is 13.2 Å². The van der Waals surface area contributed by atoms with Crippen LogP contribution in [0.4, 0.5) is 30.2 Å². The van der Waals surface area contributed by atoms with Crippen molar-refractivity contribution < 1.29 is 27.6 Å². The van der Waals surface area contributed by atoms with Gasteiger partial charge in [-0.25, -0.2) is 0 Å². The van der Waals surface area contributed by atoms with E-state index in [1.807, 2.05) is 24.3 Å². The van der Waals surface area contributed by atoms with Crippen LogP contribution in [0.2, 0.25) is 5.02 Å². The number of rotatable bonds is 7. The number of piperidine rings is 2. The number of benzene rings is 2. The minimum atomic E-state index is -4.83. The van der Waals surface area contributed by atoms with E-state index in [0.717, 1.165) is 43.8 Å². The van der Waals surface area contributed by atoms with Crippen molar-refractivity contribution in [2.45, 2.75) is 51.4 Å². The van der Waals surface area contributed by atoms with Crippen molar-refractivity contribution >= 4 is 34.6 Å². The van der Waals surface area contributed by atoms with Crippen LogP contribution in [0.15, 0.2) is 42.5 Å². The third kappa shape index (κ3) is 7.50. The molecule has 2 saturated heterocycles. The first kappa shape index (κ1) is 29.5. The van der Waals surface area contributed by atoms with Crippen molar-refractivity contribution in [1.29, 1.82) is 0 Å². The Balaban J connectivity index is 0.00000400. The van der Waals surface area contributed by atoms with Crippen LogP contribution in [0.1, 0.15) is 38.7 Å². The fraction of sp³-hybridized carbons (Fsp3) is 0.500. The number of ether oxygens (including phenoxy) is 1. The Kier molecular flexibility index (Phi) is 9.83. The molecule has 8 nitrogen and oxygen atoms in total. The van der Waals surface area contributed by atoms with Gasteiger partial charge in [-0.3, -0.25) is 14.9 Å². The number of nitro benzene ring substituents is 1. The molecule has 2 aliphatic heterocycles. The van der Waals surface area contributed by atoms with Gasteiger partial charge in [0, 0.05) is 54.7 Å². The molecule has 0 aliphatic carbocycles.